The highest BCUT2D eigenvalue weighted by atomic mass is 16.5. The molecular weight excluding hydrogens is 138 g/mol. The Kier molecular flexibility index (Phi) is 3.87. The van der Waals surface area contributed by atoms with Gasteiger partial charge in [0, 0.05) is 13.2 Å². The lowest BCUT2D eigenvalue weighted by Gasteiger charge is -2.10. The van der Waals surface area contributed by atoms with Crippen molar-refractivity contribution in [3.63, 3.8) is 0 Å². The van der Waals surface area contributed by atoms with Gasteiger partial charge in [0.25, 0.3) is 0 Å². The molecule has 2 heteroatoms. The fraction of sp³-hybridized carbons (Fsp3) is 1.00. The minimum Gasteiger partial charge on any atom is -0.381 e. The Balaban J connectivity index is 1.94. The molecule has 0 radical (unpaired) electrons. The molecule has 0 aromatic carbocycles. The van der Waals surface area contributed by atoms with E-state index in [0.29, 0.717) is 5.92 Å². The van der Waals surface area contributed by atoms with Crippen LogP contribution >= 0.6 is 0 Å². The lowest BCUT2D eigenvalue weighted by atomic mass is 10.1. The van der Waals surface area contributed by atoms with Crippen LogP contribution in [0.5, 0.6) is 0 Å². The maximum Gasteiger partial charge on any atom is 0.0507 e. The Morgan fingerprint density at radius 3 is 2.91 bits per heavy atom. The van der Waals surface area contributed by atoms with Gasteiger partial charge in [-0.15, -0.1) is 0 Å². The smallest absolute Gasteiger partial charge is 0.0507 e. The number of hydrogen-bond donors (Lipinski definition) is 1. The molecule has 1 unspecified atom stereocenters. The summed E-state index contributed by atoms with van der Waals surface area (Å²) in [6, 6.07) is 0. The average Bonchev–Trinajstić information content (AvgIpc) is 2.39. The van der Waals surface area contributed by atoms with Crippen molar-refractivity contribution in [2.75, 3.05) is 26.3 Å². The average molecular weight is 157 g/mol. The number of nitrogens with one attached hydrogen (secondary N) is 1. The molecular formula is C9H19NO. The van der Waals surface area contributed by atoms with E-state index in [1.807, 2.05) is 0 Å². The summed E-state index contributed by atoms with van der Waals surface area (Å²) in [5.74, 6) is 1.44. The van der Waals surface area contributed by atoms with Gasteiger partial charge in [0.1, 0.15) is 0 Å². The fourth-order valence-electron chi connectivity index (χ4n) is 1.33. The maximum atomic E-state index is 5.54. The van der Waals surface area contributed by atoms with Crippen LogP contribution < -0.4 is 5.32 Å². The van der Waals surface area contributed by atoms with E-state index in [0.717, 1.165) is 25.7 Å². The highest BCUT2D eigenvalue weighted by Crippen LogP contribution is 2.07. The molecule has 0 aromatic rings. The summed E-state index contributed by atoms with van der Waals surface area (Å²) in [6.45, 7) is 8.56. The third-order valence-corrected chi connectivity index (χ3v) is 1.97. The van der Waals surface area contributed by atoms with Crippen LogP contribution in [0.2, 0.25) is 0 Å². The topological polar surface area (TPSA) is 21.3 Å². The van der Waals surface area contributed by atoms with E-state index in [2.05, 4.69) is 19.2 Å². The molecule has 1 aliphatic rings. The van der Waals surface area contributed by atoms with Crippen molar-refractivity contribution in [3.8, 4) is 0 Å². The second-order valence-corrected chi connectivity index (χ2v) is 3.79. The molecule has 0 spiro atoms. The van der Waals surface area contributed by atoms with Gasteiger partial charge in [0.15, 0.2) is 0 Å². The molecule has 1 fully saturated rings. The third kappa shape index (κ3) is 3.73. The molecule has 1 rings (SSSR count). The molecule has 11 heavy (non-hydrogen) atoms. The number of ether oxygens (including phenoxy) is 1. The lowest BCUT2D eigenvalue weighted by molar-refractivity contribution is 0.0845. The van der Waals surface area contributed by atoms with Gasteiger partial charge in [-0.05, 0) is 24.8 Å². The van der Waals surface area contributed by atoms with E-state index >= 15 is 0 Å². The zero-order chi connectivity index (χ0) is 8.10. The molecule has 0 saturated carbocycles. The Morgan fingerprint density at radius 1 is 1.55 bits per heavy atom. The summed E-state index contributed by atoms with van der Waals surface area (Å²) in [4.78, 5) is 0. The van der Waals surface area contributed by atoms with Gasteiger partial charge in [-0.25, -0.2) is 0 Å². The fourth-order valence-corrected chi connectivity index (χ4v) is 1.33. The summed E-state index contributed by atoms with van der Waals surface area (Å²) >= 11 is 0. The standard InChI is InChI=1S/C9H19NO/c1-8(2)6-11-7-9-3-4-10-5-9/h8-10H,3-7H2,1-2H3. The molecule has 0 bridgehead atoms. The van der Waals surface area contributed by atoms with Crippen LogP contribution in [-0.4, -0.2) is 26.3 Å². The lowest BCUT2D eigenvalue weighted by Crippen LogP contribution is -2.15. The van der Waals surface area contributed by atoms with E-state index in [1.165, 1.54) is 13.0 Å². The van der Waals surface area contributed by atoms with Crippen molar-refractivity contribution in [1.82, 2.24) is 5.32 Å². The third-order valence-electron chi connectivity index (χ3n) is 1.97. The highest BCUT2D eigenvalue weighted by molar-refractivity contribution is 4.70. The molecule has 1 saturated heterocycles. The second-order valence-electron chi connectivity index (χ2n) is 3.79. The number of rotatable bonds is 4. The molecule has 1 N–H and O–H groups in total. The van der Waals surface area contributed by atoms with Gasteiger partial charge in [-0.2, -0.15) is 0 Å². The first-order valence-electron chi connectivity index (χ1n) is 4.57. The molecule has 0 aromatic heterocycles. The van der Waals surface area contributed by atoms with Gasteiger partial charge >= 0.3 is 0 Å². The van der Waals surface area contributed by atoms with Crippen LogP contribution in [0.25, 0.3) is 0 Å². The quantitative estimate of drug-likeness (QED) is 0.663. The van der Waals surface area contributed by atoms with Gasteiger partial charge in [-0.3, -0.25) is 0 Å². The second kappa shape index (κ2) is 4.73. The van der Waals surface area contributed by atoms with Crippen molar-refractivity contribution < 1.29 is 4.74 Å². The summed E-state index contributed by atoms with van der Waals surface area (Å²) in [6.07, 6.45) is 1.29. The molecule has 1 atom stereocenters. The van der Waals surface area contributed by atoms with Crippen LogP contribution in [0.3, 0.4) is 0 Å². The van der Waals surface area contributed by atoms with Crippen LogP contribution in [0.4, 0.5) is 0 Å². The van der Waals surface area contributed by atoms with Crippen molar-refractivity contribution in [3.05, 3.63) is 0 Å². The maximum absolute atomic E-state index is 5.54. The molecule has 0 amide bonds. The Hall–Kier alpha value is -0.0800. The van der Waals surface area contributed by atoms with Crippen LogP contribution in [0, 0.1) is 11.8 Å². The van der Waals surface area contributed by atoms with Crippen molar-refractivity contribution >= 4 is 0 Å². The highest BCUT2D eigenvalue weighted by Gasteiger charge is 2.13. The first-order chi connectivity index (χ1) is 5.29. The minimum atomic E-state index is 0.671. The van der Waals surface area contributed by atoms with Crippen LogP contribution in [0.15, 0.2) is 0 Å². The van der Waals surface area contributed by atoms with E-state index in [-0.39, 0.29) is 0 Å². The molecule has 1 aliphatic heterocycles. The zero-order valence-electron chi connectivity index (χ0n) is 7.60. The van der Waals surface area contributed by atoms with Crippen LogP contribution in [0.1, 0.15) is 20.3 Å². The first-order valence-corrected chi connectivity index (χ1v) is 4.57. The predicted molar refractivity (Wildman–Crippen MR) is 46.6 cm³/mol. The molecule has 1 heterocycles. The summed E-state index contributed by atoms with van der Waals surface area (Å²) in [5.41, 5.74) is 0. The van der Waals surface area contributed by atoms with E-state index in [1.54, 1.807) is 0 Å². The Labute approximate surface area is 69.3 Å². The van der Waals surface area contributed by atoms with E-state index < -0.39 is 0 Å². The number of hydrogen-bond acceptors (Lipinski definition) is 2. The van der Waals surface area contributed by atoms with E-state index in [9.17, 15) is 0 Å². The molecule has 66 valence electrons. The van der Waals surface area contributed by atoms with Gasteiger partial charge in [0.05, 0.1) is 6.61 Å². The summed E-state index contributed by atoms with van der Waals surface area (Å²) < 4.78 is 5.54. The first kappa shape index (κ1) is 9.01. The van der Waals surface area contributed by atoms with Gasteiger partial charge < -0.3 is 10.1 Å². The van der Waals surface area contributed by atoms with Crippen molar-refractivity contribution in [2.24, 2.45) is 11.8 Å². The van der Waals surface area contributed by atoms with Gasteiger partial charge in [-0.1, -0.05) is 13.8 Å². The Bertz CT molecular complexity index is 97.7. The normalized spacial score (nSPS) is 24.8. The van der Waals surface area contributed by atoms with Crippen molar-refractivity contribution in [2.45, 2.75) is 20.3 Å². The SMILES string of the molecule is CC(C)COCC1CCNC1. The van der Waals surface area contributed by atoms with Crippen LogP contribution in [-0.2, 0) is 4.74 Å². The van der Waals surface area contributed by atoms with E-state index in [4.69, 9.17) is 4.74 Å². The summed E-state index contributed by atoms with van der Waals surface area (Å²) in [5, 5.41) is 3.33. The molecule has 0 aliphatic carbocycles. The summed E-state index contributed by atoms with van der Waals surface area (Å²) in [7, 11) is 0. The van der Waals surface area contributed by atoms with Gasteiger partial charge in [0.2, 0.25) is 0 Å². The minimum absolute atomic E-state index is 0.671. The monoisotopic (exact) mass is 157 g/mol. The largest absolute Gasteiger partial charge is 0.381 e. The Morgan fingerprint density at radius 2 is 2.36 bits per heavy atom. The zero-order valence-corrected chi connectivity index (χ0v) is 7.60. The molecule has 2 nitrogen and oxygen atoms in total. The predicted octanol–water partition coefficient (Wildman–Crippen LogP) is 1.27. The van der Waals surface area contributed by atoms with Crippen molar-refractivity contribution in [1.29, 1.82) is 0 Å².